The van der Waals surface area contributed by atoms with E-state index in [9.17, 15) is 4.79 Å². The second-order valence-corrected chi connectivity index (χ2v) is 6.58. The largest absolute Gasteiger partial charge is 0.468 e. The number of hydrazine groups is 1. The highest BCUT2D eigenvalue weighted by Gasteiger charge is 2.32. The molecule has 4 heterocycles. The van der Waals surface area contributed by atoms with Crippen LogP contribution in [0, 0.1) is 0 Å². The van der Waals surface area contributed by atoms with E-state index in [1.807, 2.05) is 42.5 Å². The van der Waals surface area contributed by atoms with Crippen molar-refractivity contribution in [1.29, 1.82) is 0 Å². The lowest BCUT2D eigenvalue weighted by atomic mass is 10.1. The SMILES string of the molecule is O=C(OCc1cc(-c2cc3ccccc3o2)on1)C1CC(c2ccco2)NN1. The van der Waals surface area contributed by atoms with Gasteiger partial charge in [-0.3, -0.25) is 4.79 Å². The summed E-state index contributed by atoms with van der Waals surface area (Å²) in [5, 5.41) is 4.93. The van der Waals surface area contributed by atoms with E-state index in [0.717, 1.165) is 16.7 Å². The summed E-state index contributed by atoms with van der Waals surface area (Å²) in [6, 6.07) is 14.4. The fraction of sp³-hybridized carbons (Fsp3) is 0.200. The zero-order valence-corrected chi connectivity index (χ0v) is 14.8. The molecule has 0 radical (unpaired) electrons. The van der Waals surface area contributed by atoms with Gasteiger partial charge < -0.3 is 18.1 Å². The first-order valence-corrected chi connectivity index (χ1v) is 8.92. The fourth-order valence-electron chi connectivity index (χ4n) is 3.23. The van der Waals surface area contributed by atoms with Crippen LogP contribution < -0.4 is 10.9 Å². The minimum atomic E-state index is -0.461. The first-order valence-electron chi connectivity index (χ1n) is 8.92. The molecule has 0 bridgehead atoms. The van der Waals surface area contributed by atoms with Gasteiger partial charge in [-0.1, -0.05) is 23.4 Å². The number of hydrogen-bond donors (Lipinski definition) is 2. The number of carbonyl (C=O) groups excluding carboxylic acids is 1. The molecular formula is C20H17N3O5. The number of carbonyl (C=O) groups is 1. The molecule has 0 saturated carbocycles. The molecule has 1 fully saturated rings. The summed E-state index contributed by atoms with van der Waals surface area (Å²) in [5.74, 6) is 1.47. The van der Waals surface area contributed by atoms with Gasteiger partial charge in [0.05, 0.1) is 12.3 Å². The smallest absolute Gasteiger partial charge is 0.324 e. The van der Waals surface area contributed by atoms with Crippen LogP contribution in [0.2, 0.25) is 0 Å². The van der Waals surface area contributed by atoms with Gasteiger partial charge >= 0.3 is 5.97 Å². The highest BCUT2D eigenvalue weighted by Crippen LogP contribution is 2.28. The minimum absolute atomic E-state index is 0.0200. The number of ether oxygens (including phenoxy) is 1. The molecule has 1 aliphatic rings. The average molecular weight is 379 g/mol. The third-order valence-electron chi connectivity index (χ3n) is 4.66. The Hall–Kier alpha value is -3.36. The summed E-state index contributed by atoms with van der Waals surface area (Å²) in [6.45, 7) is 0.0200. The van der Waals surface area contributed by atoms with Crippen LogP contribution in [0.25, 0.3) is 22.5 Å². The molecule has 5 rings (SSSR count). The zero-order valence-electron chi connectivity index (χ0n) is 14.8. The Kier molecular flexibility index (Phi) is 4.19. The Labute approximate surface area is 159 Å². The topological polar surface area (TPSA) is 103 Å². The van der Waals surface area contributed by atoms with Crippen molar-refractivity contribution in [2.45, 2.75) is 25.1 Å². The van der Waals surface area contributed by atoms with Gasteiger partial charge in [0.2, 0.25) is 5.76 Å². The third kappa shape index (κ3) is 3.19. The molecule has 28 heavy (non-hydrogen) atoms. The van der Waals surface area contributed by atoms with Crippen LogP contribution in [0.1, 0.15) is 23.9 Å². The van der Waals surface area contributed by atoms with Gasteiger partial charge in [-0.05, 0) is 30.7 Å². The quantitative estimate of drug-likeness (QED) is 0.509. The summed E-state index contributed by atoms with van der Waals surface area (Å²) in [6.07, 6.45) is 2.14. The molecule has 2 unspecified atom stereocenters. The molecule has 0 amide bonds. The van der Waals surface area contributed by atoms with Gasteiger partial charge in [-0.15, -0.1) is 0 Å². The number of aromatic nitrogens is 1. The number of fused-ring (bicyclic) bond motifs is 1. The summed E-state index contributed by atoms with van der Waals surface area (Å²) >= 11 is 0. The highest BCUT2D eigenvalue weighted by atomic mass is 16.5. The monoisotopic (exact) mass is 379 g/mol. The Morgan fingerprint density at radius 1 is 1.14 bits per heavy atom. The van der Waals surface area contributed by atoms with Gasteiger partial charge in [0, 0.05) is 11.5 Å². The van der Waals surface area contributed by atoms with E-state index in [4.69, 9.17) is 18.1 Å². The van der Waals surface area contributed by atoms with Crippen molar-refractivity contribution in [2.75, 3.05) is 0 Å². The lowest BCUT2D eigenvalue weighted by Gasteiger charge is -2.08. The number of benzene rings is 1. The Balaban J connectivity index is 1.20. The van der Waals surface area contributed by atoms with Crippen LogP contribution in [0.5, 0.6) is 0 Å². The number of rotatable bonds is 5. The van der Waals surface area contributed by atoms with Crippen LogP contribution in [0.15, 0.2) is 68.2 Å². The van der Waals surface area contributed by atoms with E-state index in [0.29, 0.717) is 23.6 Å². The molecule has 0 aliphatic carbocycles. The van der Waals surface area contributed by atoms with Crippen LogP contribution in [-0.2, 0) is 16.1 Å². The molecule has 1 aliphatic heterocycles. The molecule has 0 spiro atoms. The first-order chi connectivity index (χ1) is 13.8. The van der Waals surface area contributed by atoms with E-state index >= 15 is 0 Å². The molecule has 3 aromatic heterocycles. The molecule has 2 atom stereocenters. The maximum absolute atomic E-state index is 12.3. The lowest BCUT2D eigenvalue weighted by Crippen LogP contribution is -2.37. The summed E-state index contributed by atoms with van der Waals surface area (Å²) in [7, 11) is 0. The number of esters is 1. The number of nitrogens with one attached hydrogen (secondary N) is 2. The lowest BCUT2D eigenvalue weighted by molar-refractivity contribution is -0.147. The Morgan fingerprint density at radius 2 is 2.07 bits per heavy atom. The molecule has 1 saturated heterocycles. The van der Waals surface area contributed by atoms with Crippen molar-refractivity contribution in [3.05, 3.63) is 66.2 Å². The maximum Gasteiger partial charge on any atom is 0.324 e. The molecule has 1 aromatic carbocycles. The van der Waals surface area contributed by atoms with Crippen LogP contribution in [0.3, 0.4) is 0 Å². The second kappa shape index (κ2) is 6.99. The fourth-order valence-corrected chi connectivity index (χ4v) is 3.23. The van der Waals surface area contributed by atoms with Crippen LogP contribution >= 0.6 is 0 Å². The normalized spacial score (nSPS) is 19.3. The number of nitrogens with zero attached hydrogens (tertiary/aromatic N) is 1. The van der Waals surface area contributed by atoms with E-state index in [2.05, 4.69) is 16.0 Å². The van der Waals surface area contributed by atoms with E-state index < -0.39 is 6.04 Å². The second-order valence-electron chi connectivity index (χ2n) is 6.58. The van der Waals surface area contributed by atoms with Crippen molar-refractivity contribution in [1.82, 2.24) is 16.0 Å². The Morgan fingerprint density at radius 3 is 2.93 bits per heavy atom. The summed E-state index contributed by atoms with van der Waals surface area (Å²) in [4.78, 5) is 12.3. The van der Waals surface area contributed by atoms with Gasteiger partial charge in [-0.2, -0.15) is 0 Å². The standard InChI is InChI=1S/C20H17N3O5/c24-20(15-10-14(21-22-15)17-6-3-7-25-17)26-11-13-9-19(28-23-13)18-8-12-4-1-2-5-16(12)27-18/h1-9,14-15,21-22H,10-11H2. The third-order valence-corrected chi connectivity index (χ3v) is 4.66. The molecule has 2 N–H and O–H groups in total. The first kappa shape index (κ1) is 16.8. The molecule has 8 nitrogen and oxygen atoms in total. The number of hydrogen-bond acceptors (Lipinski definition) is 8. The van der Waals surface area contributed by atoms with Gasteiger partial charge in [0.15, 0.2) is 5.76 Å². The molecule has 8 heteroatoms. The zero-order chi connectivity index (χ0) is 18.9. The van der Waals surface area contributed by atoms with Gasteiger partial charge in [0.1, 0.15) is 29.7 Å². The summed E-state index contributed by atoms with van der Waals surface area (Å²) < 4.78 is 21.8. The van der Waals surface area contributed by atoms with Crippen LogP contribution in [-0.4, -0.2) is 17.2 Å². The highest BCUT2D eigenvalue weighted by molar-refractivity contribution is 5.81. The van der Waals surface area contributed by atoms with Crippen LogP contribution in [0.4, 0.5) is 0 Å². The predicted molar refractivity (Wildman–Crippen MR) is 97.6 cm³/mol. The minimum Gasteiger partial charge on any atom is -0.468 e. The van der Waals surface area contributed by atoms with E-state index in [1.165, 1.54) is 0 Å². The van der Waals surface area contributed by atoms with Crippen molar-refractivity contribution in [2.24, 2.45) is 0 Å². The molecular weight excluding hydrogens is 362 g/mol. The van der Waals surface area contributed by atoms with Crippen molar-refractivity contribution in [3.63, 3.8) is 0 Å². The number of furan rings is 2. The Bertz CT molecular complexity index is 1070. The maximum atomic E-state index is 12.3. The van der Waals surface area contributed by atoms with Crippen molar-refractivity contribution < 1.29 is 22.9 Å². The van der Waals surface area contributed by atoms with Gasteiger partial charge in [0.25, 0.3) is 0 Å². The van der Waals surface area contributed by atoms with E-state index in [-0.39, 0.29) is 18.6 Å². The molecule has 142 valence electrons. The average Bonchev–Trinajstić information content (AvgIpc) is 3.51. The molecule has 4 aromatic rings. The van der Waals surface area contributed by atoms with Crippen molar-refractivity contribution in [3.8, 4) is 11.5 Å². The predicted octanol–water partition coefficient (Wildman–Crippen LogP) is 3.33. The van der Waals surface area contributed by atoms with Gasteiger partial charge in [-0.25, -0.2) is 10.9 Å². The van der Waals surface area contributed by atoms with E-state index in [1.54, 1.807) is 12.3 Å². The summed E-state index contributed by atoms with van der Waals surface area (Å²) in [5.41, 5.74) is 7.25. The number of para-hydroxylation sites is 1. The van der Waals surface area contributed by atoms with Crippen molar-refractivity contribution >= 4 is 16.9 Å².